The number of hydrogen-bond donors (Lipinski definition) is 2. The summed E-state index contributed by atoms with van der Waals surface area (Å²) in [6.45, 7) is 4.81. The molecular formula is C43H47N5O3S2. The molecule has 4 atom stereocenters. The van der Waals surface area contributed by atoms with Crippen molar-refractivity contribution >= 4 is 62.0 Å². The van der Waals surface area contributed by atoms with Gasteiger partial charge in [0, 0.05) is 67.6 Å². The van der Waals surface area contributed by atoms with E-state index in [1.165, 1.54) is 70.1 Å². The Balaban J connectivity index is 0.000000141. The lowest BCUT2D eigenvalue weighted by atomic mass is 9.82. The van der Waals surface area contributed by atoms with Crippen LogP contribution in [0.3, 0.4) is 0 Å². The lowest BCUT2D eigenvalue weighted by Crippen LogP contribution is -2.44. The SMILES string of the molecule is Nc1oc2ccc(C(=O)c3ccsc3)cc2c1C1CCN2CCCC2C1.Nn1cc(C2CCN3CCCCC3C2)c2cc(C(=O)c3ccsc3)ccc21. The van der Waals surface area contributed by atoms with Crippen molar-refractivity contribution in [2.24, 2.45) is 0 Å². The van der Waals surface area contributed by atoms with Crippen molar-refractivity contribution in [3.8, 4) is 0 Å². The second-order valence-electron chi connectivity index (χ2n) is 15.5. The minimum Gasteiger partial charge on any atom is -0.441 e. The molecule has 53 heavy (non-hydrogen) atoms. The summed E-state index contributed by atoms with van der Waals surface area (Å²) in [5.74, 6) is 7.89. The van der Waals surface area contributed by atoms with Crippen molar-refractivity contribution < 1.29 is 14.0 Å². The number of ketones is 2. The highest BCUT2D eigenvalue weighted by Crippen LogP contribution is 2.43. The number of aromatic nitrogens is 1. The first-order valence-electron chi connectivity index (χ1n) is 19.2. The van der Waals surface area contributed by atoms with Crippen molar-refractivity contribution in [2.75, 3.05) is 37.8 Å². The van der Waals surface area contributed by atoms with Gasteiger partial charge in [0.05, 0.1) is 5.52 Å². The molecule has 8 heterocycles. The zero-order valence-corrected chi connectivity index (χ0v) is 31.7. The highest BCUT2D eigenvalue weighted by atomic mass is 32.1. The van der Waals surface area contributed by atoms with Gasteiger partial charge in [-0.25, -0.2) is 0 Å². The smallest absolute Gasteiger partial charge is 0.195 e. The number of piperidine rings is 3. The van der Waals surface area contributed by atoms with E-state index in [2.05, 4.69) is 22.1 Å². The van der Waals surface area contributed by atoms with Gasteiger partial charge in [0.2, 0.25) is 0 Å². The average molecular weight is 746 g/mol. The Kier molecular flexibility index (Phi) is 9.48. The Labute approximate surface area is 318 Å². The maximum absolute atomic E-state index is 12.8. The van der Waals surface area contributed by atoms with E-state index in [1.54, 1.807) is 27.3 Å². The monoisotopic (exact) mass is 745 g/mol. The molecule has 6 aromatic rings. The summed E-state index contributed by atoms with van der Waals surface area (Å²) in [7, 11) is 0. The number of nitrogen functional groups attached to an aromatic ring is 2. The Morgan fingerprint density at radius 2 is 1.30 bits per heavy atom. The number of carbonyl (C=O) groups is 2. The lowest BCUT2D eigenvalue weighted by molar-refractivity contribution is 0.0977. The molecule has 0 amide bonds. The number of rotatable bonds is 6. The summed E-state index contributed by atoms with van der Waals surface area (Å²) in [6, 6.07) is 16.8. The molecule has 10 heteroatoms. The molecule has 4 aromatic heterocycles. The molecule has 0 saturated carbocycles. The van der Waals surface area contributed by atoms with E-state index in [1.807, 2.05) is 64.0 Å². The highest BCUT2D eigenvalue weighted by molar-refractivity contribution is 7.08. The molecule has 0 aliphatic carbocycles. The quantitative estimate of drug-likeness (QED) is 0.129. The molecule has 0 bridgehead atoms. The van der Waals surface area contributed by atoms with Gasteiger partial charge in [-0.1, -0.05) is 6.42 Å². The average Bonchev–Trinajstić information content (AvgIpc) is 4.05. The third-order valence-corrected chi connectivity index (χ3v) is 13.8. The van der Waals surface area contributed by atoms with Crippen LogP contribution in [0.25, 0.3) is 21.9 Å². The van der Waals surface area contributed by atoms with Crippen LogP contribution in [0.1, 0.15) is 113 Å². The van der Waals surface area contributed by atoms with E-state index in [9.17, 15) is 9.59 Å². The van der Waals surface area contributed by atoms with E-state index in [4.69, 9.17) is 16.0 Å². The first-order chi connectivity index (χ1) is 25.9. The largest absolute Gasteiger partial charge is 0.441 e. The van der Waals surface area contributed by atoms with Gasteiger partial charge in [-0.3, -0.25) is 14.3 Å². The van der Waals surface area contributed by atoms with Gasteiger partial charge in [0.25, 0.3) is 0 Å². The molecule has 2 aromatic carbocycles. The molecule has 274 valence electrons. The van der Waals surface area contributed by atoms with Gasteiger partial charge in [0.15, 0.2) is 17.5 Å². The number of anilines is 1. The highest BCUT2D eigenvalue weighted by Gasteiger charge is 2.35. The van der Waals surface area contributed by atoms with Gasteiger partial charge in [-0.05, 0) is 154 Å². The lowest BCUT2D eigenvalue weighted by Gasteiger charge is -2.42. The maximum Gasteiger partial charge on any atom is 0.195 e. The van der Waals surface area contributed by atoms with Crippen molar-refractivity contribution in [1.29, 1.82) is 0 Å². The number of furan rings is 1. The van der Waals surface area contributed by atoms with Crippen LogP contribution in [-0.4, -0.2) is 64.3 Å². The van der Waals surface area contributed by atoms with Gasteiger partial charge in [-0.2, -0.15) is 22.7 Å². The fourth-order valence-electron chi connectivity index (χ4n) is 9.72. The summed E-state index contributed by atoms with van der Waals surface area (Å²) >= 11 is 3.10. The summed E-state index contributed by atoms with van der Waals surface area (Å²) in [4.78, 5) is 30.8. The Hall–Kier alpha value is -4.22. The van der Waals surface area contributed by atoms with Crippen LogP contribution in [0.2, 0.25) is 0 Å². The van der Waals surface area contributed by atoms with E-state index < -0.39 is 0 Å². The van der Waals surface area contributed by atoms with Crippen LogP contribution in [0.5, 0.6) is 0 Å². The van der Waals surface area contributed by atoms with Crippen molar-refractivity contribution in [2.45, 2.75) is 81.7 Å². The zero-order chi connectivity index (χ0) is 36.1. The predicted octanol–water partition coefficient (Wildman–Crippen LogP) is 9.03. The first-order valence-corrected chi connectivity index (χ1v) is 21.1. The van der Waals surface area contributed by atoms with Crippen LogP contribution in [0.4, 0.5) is 5.88 Å². The fourth-order valence-corrected chi connectivity index (χ4v) is 11.0. The van der Waals surface area contributed by atoms with E-state index in [0.29, 0.717) is 35.4 Å². The summed E-state index contributed by atoms with van der Waals surface area (Å²) in [5.41, 5.74) is 13.5. The summed E-state index contributed by atoms with van der Waals surface area (Å²) in [6.07, 6.45) is 13.3. The number of benzene rings is 2. The van der Waals surface area contributed by atoms with E-state index in [0.717, 1.165) is 63.5 Å². The van der Waals surface area contributed by atoms with Gasteiger partial charge < -0.3 is 25.8 Å². The third kappa shape index (κ3) is 6.64. The van der Waals surface area contributed by atoms with Crippen LogP contribution in [0, 0.1) is 0 Å². The van der Waals surface area contributed by atoms with Crippen LogP contribution >= 0.6 is 22.7 Å². The fraction of sp³-hybridized carbons (Fsp3) is 0.395. The second-order valence-corrected chi connectivity index (χ2v) is 17.0. The van der Waals surface area contributed by atoms with Crippen molar-refractivity contribution in [3.05, 3.63) is 110 Å². The number of hydrogen-bond acceptors (Lipinski definition) is 9. The molecule has 0 radical (unpaired) electrons. The normalized spacial score (nSPS) is 23.4. The molecule has 4 fully saturated rings. The van der Waals surface area contributed by atoms with E-state index >= 15 is 0 Å². The molecule has 10 rings (SSSR count). The summed E-state index contributed by atoms with van der Waals surface area (Å²) < 4.78 is 7.58. The molecule has 0 spiro atoms. The molecule has 4 unspecified atom stereocenters. The summed E-state index contributed by atoms with van der Waals surface area (Å²) in [5, 5.41) is 9.86. The first kappa shape index (κ1) is 34.5. The van der Waals surface area contributed by atoms with Crippen molar-refractivity contribution in [1.82, 2.24) is 14.5 Å². The minimum atomic E-state index is 0.0597. The molecule has 4 aliphatic heterocycles. The molecule has 4 aliphatic rings. The number of thiophene rings is 2. The zero-order valence-electron chi connectivity index (χ0n) is 30.0. The Bertz CT molecular complexity index is 2250. The predicted molar refractivity (Wildman–Crippen MR) is 216 cm³/mol. The van der Waals surface area contributed by atoms with Crippen LogP contribution in [-0.2, 0) is 0 Å². The number of fused-ring (bicyclic) bond motifs is 4. The second kappa shape index (κ2) is 14.5. The number of nitrogens with zero attached hydrogens (tertiary/aromatic N) is 3. The van der Waals surface area contributed by atoms with E-state index in [-0.39, 0.29) is 11.6 Å². The number of nitrogens with two attached hydrogens (primary N) is 2. The van der Waals surface area contributed by atoms with Gasteiger partial charge >= 0.3 is 0 Å². The Morgan fingerprint density at radius 1 is 0.679 bits per heavy atom. The molecule has 4 N–H and O–H groups in total. The topological polar surface area (TPSA) is 111 Å². The number of carbonyl (C=O) groups excluding carboxylic acids is 2. The third-order valence-electron chi connectivity index (χ3n) is 12.4. The van der Waals surface area contributed by atoms with Crippen LogP contribution in [0.15, 0.2) is 80.7 Å². The molecule has 8 nitrogen and oxygen atoms in total. The van der Waals surface area contributed by atoms with Crippen LogP contribution < -0.4 is 11.6 Å². The molecular weight excluding hydrogens is 699 g/mol. The van der Waals surface area contributed by atoms with Gasteiger partial charge in [-0.15, -0.1) is 0 Å². The maximum atomic E-state index is 12.8. The standard InChI is InChI=1S/C22H25N3OS.C21H22N2O2S/c23-25-13-20(15-6-9-24-8-2-1-3-18(24)11-15)19-12-16(4-5-21(19)25)22(26)17-7-10-27-14-17;22-21-19(13-5-8-23-7-1-2-16(23)10-13)17-11-14(3-4-18(17)25-21)20(24)15-6-9-26-12-15/h4-5,7,10,12-15,18H,1-3,6,8-9,11,23H2;3-4,6,9,11-13,16H,1-2,5,7-8,10,22H2. The van der Waals surface area contributed by atoms with Crippen molar-refractivity contribution in [3.63, 3.8) is 0 Å². The van der Waals surface area contributed by atoms with Gasteiger partial charge in [0.1, 0.15) is 5.58 Å². The Morgan fingerprint density at radius 3 is 2.00 bits per heavy atom. The molecule has 4 saturated heterocycles. The minimum absolute atomic E-state index is 0.0597.